The summed E-state index contributed by atoms with van der Waals surface area (Å²) < 4.78 is 0. The van der Waals surface area contributed by atoms with E-state index in [4.69, 9.17) is 5.73 Å². The van der Waals surface area contributed by atoms with E-state index >= 15 is 0 Å². The minimum absolute atomic E-state index is 0. The van der Waals surface area contributed by atoms with Crippen molar-refractivity contribution in [3.05, 3.63) is 18.2 Å². The Balaban J connectivity index is 0.00000256. The van der Waals surface area contributed by atoms with Gasteiger partial charge in [-0.15, -0.1) is 0 Å². The quantitative estimate of drug-likeness (QED) is 0.544. The van der Waals surface area contributed by atoms with Crippen molar-refractivity contribution in [1.82, 2.24) is 15.3 Å². The number of nitrogens with zero attached hydrogens (tertiary/aromatic N) is 2. The van der Waals surface area contributed by atoms with Gasteiger partial charge in [-0.05, 0) is 6.42 Å². The van der Waals surface area contributed by atoms with Crippen LogP contribution in [0, 0.1) is 0 Å². The molecule has 0 bridgehead atoms. The van der Waals surface area contributed by atoms with Crippen molar-refractivity contribution in [2.75, 3.05) is 6.54 Å². The second kappa shape index (κ2) is 7.92. The number of imidazole rings is 1. The summed E-state index contributed by atoms with van der Waals surface area (Å²) in [6.45, 7) is 0.168. The fraction of sp³-hybridized carbons (Fsp3) is 0.444. The Kier molecular flexibility index (Phi) is 7.33. The van der Waals surface area contributed by atoms with Crippen molar-refractivity contribution in [3.63, 3.8) is 0 Å². The number of aromatic nitrogens is 2. The molecule has 0 saturated carbocycles. The molecular weight excluding hydrogens is 278 g/mol. The molecule has 0 radical (unpaired) electrons. The van der Waals surface area contributed by atoms with Gasteiger partial charge in [0.05, 0.1) is 12.0 Å². The molecule has 7 nitrogen and oxygen atoms in total. The Labute approximate surface area is 111 Å². The van der Waals surface area contributed by atoms with Crippen LogP contribution in [0.1, 0.15) is 12.1 Å². The number of hydrogen-bond donors (Lipinski definition) is 2. The summed E-state index contributed by atoms with van der Waals surface area (Å²) >= 11 is 0. The molecule has 88 valence electrons. The summed E-state index contributed by atoms with van der Waals surface area (Å²) in [6, 6.07) is -1.10. The van der Waals surface area contributed by atoms with Gasteiger partial charge in [-0.3, -0.25) is 4.79 Å². The van der Waals surface area contributed by atoms with Gasteiger partial charge in [0.2, 0.25) is 5.91 Å². The van der Waals surface area contributed by atoms with Gasteiger partial charge in [0.15, 0.2) is 0 Å². The van der Waals surface area contributed by atoms with Crippen LogP contribution in [-0.4, -0.2) is 29.4 Å². The number of carbonyl (C=O) groups excluding carboxylic acids is 2. The minimum atomic E-state index is -1.35. The molecule has 0 aliphatic heterocycles. The van der Waals surface area contributed by atoms with Crippen molar-refractivity contribution in [3.8, 4) is 0 Å². The summed E-state index contributed by atoms with van der Waals surface area (Å²) in [7, 11) is 0. The Morgan fingerprint density at radius 2 is 2.29 bits per heavy atom. The fourth-order valence-electron chi connectivity index (χ4n) is 1.17. The van der Waals surface area contributed by atoms with E-state index in [1.807, 2.05) is 0 Å². The minimum Gasteiger partial charge on any atom is -0.548 e. The number of nitrogens with one attached hydrogen (secondary N) is 1. The van der Waals surface area contributed by atoms with Crippen molar-refractivity contribution in [1.29, 1.82) is 0 Å². The van der Waals surface area contributed by atoms with Crippen LogP contribution in [0.3, 0.4) is 0 Å². The molecule has 1 aromatic rings. The van der Waals surface area contributed by atoms with Crippen LogP contribution in [0.4, 0.5) is 0 Å². The number of carbonyl (C=O) groups is 2. The van der Waals surface area contributed by atoms with Gasteiger partial charge in [0.25, 0.3) is 0 Å². The average Bonchev–Trinajstić information content (AvgIpc) is 2.69. The van der Waals surface area contributed by atoms with Gasteiger partial charge < -0.3 is 30.9 Å². The largest absolute Gasteiger partial charge is 2.00 e. The second-order valence-electron chi connectivity index (χ2n) is 3.20. The predicted molar refractivity (Wildman–Crippen MR) is 51.9 cm³/mol. The number of carboxylic acid groups (broad SMARTS) is 1. The topological polar surface area (TPSA) is 122 Å². The molecule has 1 aromatic heterocycles. The van der Waals surface area contributed by atoms with Gasteiger partial charge in [0, 0.05) is 13.0 Å². The normalized spacial score (nSPS) is 11.4. The first-order valence-corrected chi connectivity index (χ1v) is 4.75. The smallest absolute Gasteiger partial charge is 0.548 e. The molecule has 0 spiro atoms. The molecule has 8 heteroatoms. The molecule has 0 fully saturated rings. The van der Waals surface area contributed by atoms with Crippen LogP contribution in [0.25, 0.3) is 0 Å². The fourth-order valence-corrected chi connectivity index (χ4v) is 1.17. The van der Waals surface area contributed by atoms with Crippen molar-refractivity contribution in [2.45, 2.75) is 18.9 Å². The van der Waals surface area contributed by atoms with E-state index in [0.29, 0.717) is 5.69 Å². The first-order valence-electron chi connectivity index (χ1n) is 4.75. The summed E-state index contributed by atoms with van der Waals surface area (Å²) in [5, 5.41) is 13.1. The third-order valence-electron chi connectivity index (χ3n) is 1.92. The van der Waals surface area contributed by atoms with E-state index in [0.717, 1.165) is 0 Å². The molecule has 1 rings (SSSR count). The number of rotatable bonds is 6. The molecule has 1 amide bonds. The number of aliphatic carboxylic acids is 1. The van der Waals surface area contributed by atoms with Gasteiger partial charge in [-0.2, -0.15) is 0 Å². The molecule has 0 aliphatic rings. The van der Waals surface area contributed by atoms with Crippen LogP contribution in [0.15, 0.2) is 12.5 Å². The SMILES string of the molecule is NCCC(=O)N[C@@H](Cc1c[n-]cn1)C(=O)[O-].[Zn+2]. The molecule has 1 atom stereocenters. The summed E-state index contributed by atoms with van der Waals surface area (Å²) in [5.74, 6) is -1.77. The Bertz CT molecular complexity index is 355. The molecule has 0 aliphatic carbocycles. The average molecular weight is 290 g/mol. The maximum atomic E-state index is 11.2. The summed E-state index contributed by atoms with van der Waals surface area (Å²) in [6.07, 6.45) is 2.88. The van der Waals surface area contributed by atoms with Crippen molar-refractivity contribution < 1.29 is 34.2 Å². The van der Waals surface area contributed by atoms with Gasteiger partial charge in [0.1, 0.15) is 0 Å². The maximum Gasteiger partial charge on any atom is 2.00 e. The number of nitrogens with two attached hydrogens (primary N) is 1. The third kappa shape index (κ3) is 5.56. The van der Waals surface area contributed by atoms with E-state index in [1.54, 1.807) is 0 Å². The first-order chi connectivity index (χ1) is 7.63. The van der Waals surface area contributed by atoms with E-state index in [2.05, 4.69) is 15.3 Å². The van der Waals surface area contributed by atoms with E-state index in [-0.39, 0.29) is 38.9 Å². The van der Waals surface area contributed by atoms with Gasteiger partial charge in [-0.1, -0.05) is 18.2 Å². The third-order valence-corrected chi connectivity index (χ3v) is 1.92. The molecule has 17 heavy (non-hydrogen) atoms. The Morgan fingerprint density at radius 1 is 1.59 bits per heavy atom. The Morgan fingerprint density at radius 3 is 2.76 bits per heavy atom. The predicted octanol–water partition coefficient (Wildman–Crippen LogP) is -2.84. The number of hydrogen-bond acceptors (Lipinski definition) is 5. The van der Waals surface area contributed by atoms with Crippen LogP contribution >= 0.6 is 0 Å². The van der Waals surface area contributed by atoms with Crippen molar-refractivity contribution in [2.24, 2.45) is 5.73 Å². The van der Waals surface area contributed by atoms with Crippen molar-refractivity contribution >= 4 is 11.9 Å². The molecule has 0 unspecified atom stereocenters. The van der Waals surface area contributed by atoms with Gasteiger partial charge in [-0.25, -0.2) is 0 Å². The zero-order chi connectivity index (χ0) is 12.0. The standard InChI is InChI=1S/C9H14N4O3.Zn/c10-2-1-8(14)13-7(9(15)16)3-6-4-11-5-12-6;/h4-5,7H,1-3,10H2,(H3,11,12,13,14,15,16);/q;+2/p-2/t7-;/m0./s1. The molecular formula is C9H12N4O3Zn. The number of amides is 1. The molecule has 1 heterocycles. The monoisotopic (exact) mass is 288 g/mol. The van der Waals surface area contributed by atoms with Crippen LogP contribution in [0.2, 0.25) is 0 Å². The first kappa shape index (κ1) is 15.7. The van der Waals surface area contributed by atoms with E-state index in [1.165, 1.54) is 12.5 Å². The maximum absolute atomic E-state index is 11.2. The summed E-state index contributed by atoms with van der Waals surface area (Å²) in [5.41, 5.74) is 5.66. The molecule has 3 N–H and O–H groups in total. The van der Waals surface area contributed by atoms with Crippen LogP contribution < -0.4 is 21.1 Å². The van der Waals surface area contributed by atoms with Crippen LogP contribution in [0.5, 0.6) is 0 Å². The Hall–Kier alpha value is -1.27. The zero-order valence-corrected chi connectivity index (χ0v) is 12.2. The number of carboxylic acids is 1. The van der Waals surface area contributed by atoms with E-state index < -0.39 is 17.9 Å². The molecule has 0 aromatic carbocycles. The summed E-state index contributed by atoms with van der Waals surface area (Å²) in [4.78, 5) is 29.4. The molecule has 0 saturated heterocycles. The second-order valence-corrected chi connectivity index (χ2v) is 3.20. The van der Waals surface area contributed by atoms with Gasteiger partial charge >= 0.3 is 19.5 Å². The van der Waals surface area contributed by atoms with Crippen LogP contribution in [-0.2, 0) is 35.5 Å². The zero-order valence-electron chi connectivity index (χ0n) is 9.26. The van der Waals surface area contributed by atoms with E-state index in [9.17, 15) is 14.7 Å².